The summed E-state index contributed by atoms with van der Waals surface area (Å²) in [5.41, 5.74) is 0. The molecule has 2 rings (SSSR count). The second kappa shape index (κ2) is 2.23. The van der Waals surface area contributed by atoms with E-state index in [1.807, 2.05) is 0 Å². The molecule has 1 N–H and O–H groups in total. The van der Waals surface area contributed by atoms with Gasteiger partial charge in [-0.15, -0.1) is 0 Å². The molecule has 0 aromatic heterocycles. The quantitative estimate of drug-likeness (QED) is 0.544. The van der Waals surface area contributed by atoms with Crippen molar-refractivity contribution in [2.45, 2.75) is 38.7 Å². The standard InChI is InChI=1S/C9H16O/c1-6-2-3-7-4-5-8(10)9(6)7/h6-10H,2-5H2,1H3/t6-,7+,8+,9+/m1/s1. The van der Waals surface area contributed by atoms with Crippen molar-refractivity contribution < 1.29 is 5.11 Å². The Hall–Kier alpha value is -0.0400. The molecular formula is C9H16O. The summed E-state index contributed by atoms with van der Waals surface area (Å²) in [6, 6.07) is 0. The Morgan fingerprint density at radius 2 is 1.80 bits per heavy atom. The third kappa shape index (κ3) is 0.800. The van der Waals surface area contributed by atoms with E-state index < -0.39 is 0 Å². The van der Waals surface area contributed by atoms with Crippen LogP contribution in [0.5, 0.6) is 0 Å². The summed E-state index contributed by atoms with van der Waals surface area (Å²) in [4.78, 5) is 0. The number of hydrogen-bond acceptors (Lipinski definition) is 1. The molecule has 1 heteroatoms. The highest BCUT2D eigenvalue weighted by atomic mass is 16.3. The predicted molar refractivity (Wildman–Crippen MR) is 40.6 cm³/mol. The Kier molecular flexibility index (Phi) is 1.48. The van der Waals surface area contributed by atoms with E-state index in [0.717, 1.165) is 18.3 Å². The third-order valence-corrected chi connectivity index (χ3v) is 3.47. The zero-order valence-corrected chi connectivity index (χ0v) is 6.59. The highest BCUT2D eigenvalue weighted by molar-refractivity contribution is 4.92. The van der Waals surface area contributed by atoms with Crippen LogP contribution in [0.4, 0.5) is 0 Å². The molecule has 0 spiro atoms. The maximum atomic E-state index is 9.57. The fraction of sp³-hybridized carbons (Fsp3) is 1.00. The van der Waals surface area contributed by atoms with Crippen LogP contribution < -0.4 is 0 Å². The molecule has 2 aliphatic rings. The van der Waals surface area contributed by atoms with Gasteiger partial charge >= 0.3 is 0 Å². The number of aliphatic hydroxyl groups is 1. The van der Waals surface area contributed by atoms with Crippen molar-refractivity contribution in [3.05, 3.63) is 0 Å². The molecule has 0 unspecified atom stereocenters. The van der Waals surface area contributed by atoms with E-state index in [2.05, 4.69) is 6.92 Å². The lowest BCUT2D eigenvalue weighted by atomic mass is 9.92. The van der Waals surface area contributed by atoms with Gasteiger partial charge in [-0.2, -0.15) is 0 Å². The minimum absolute atomic E-state index is 0.0440. The van der Waals surface area contributed by atoms with Crippen molar-refractivity contribution in [2.24, 2.45) is 17.8 Å². The molecule has 0 bridgehead atoms. The molecule has 0 radical (unpaired) electrons. The maximum Gasteiger partial charge on any atom is 0.0573 e. The first-order valence-corrected chi connectivity index (χ1v) is 4.47. The SMILES string of the molecule is C[C@@H]1CC[C@H]2CC[C@H](O)[C@H]21. The van der Waals surface area contributed by atoms with Crippen LogP contribution in [0.15, 0.2) is 0 Å². The molecule has 0 aromatic carbocycles. The number of aliphatic hydroxyl groups excluding tert-OH is 1. The lowest BCUT2D eigenvalue weighted by molar-refractivity contribution is 0.104. The molecule has 4 atom stereocenters. The Balaban J connectivity index is 2.11. The minimum Gasteiger partial charge on any atom is -0.393 e. The summed E-state index contributed by atoms with van der Waals surface area (Å²) >= 11 is 0. The van der Waals surface area contributed by atoms with Crippen LogP contribution in [0.25, 0.3) is 0 Å². The normalized spacial score (nSPS) is 53.4. The van der Waals surface area contributed by atoms with Gasteiger partial charge in [0.1, 0.15) is 0 Å². The van der Waals surface area contributed by atoms with Gasteiger partial charge in [-0.25, -0.2) is 0 Å². The molecule has 10 heavy (non-hydrogen) atoms. The van der Waals surface area contributed by atoms with E-state index in [1.165, 1.54) is 19.3 Å². The summed E-state index contributed by atoms with van der Waals surface area (Å²) in [5.74, 6) is 2.34. The van der Waals surface area contributed by atoms with Crippen LogP contribution in [-0.4, -0.2) is 11.2 Å². The first-order chi connectivity index (χ1) is 4.79. The van der Waals surface area contributed by atoms with Gasteiger partial charge in [-0.05, 0) is 37.0 Å². The van der Waals surface area contributed by atoms with E-state index in [0.29, 0.717) is 5.92 Å². The first-order valence-electron chi connectivity index (χ1n) is 4.47. The van der Waals surface area contributed by atoms with Crippen LogP contribution in [0.2, 0.25) is 0 Å². The van der Waals surface area contributed by atoms with Crippen molar-refractivity contribution in [1.82, 2.24) is 0 Å². The maximum absolute atomic E-state index is 9.57. The first kappa shape index (κ1) is 6.66. The average Bonchev–Trinajstić information content (AvgIpc) is 2.40. The highest BCUT2D eigenvalue weighted by Crippen LogP contribution is 2.47. The molecule has 0 heterocycles. The monoisotopic (exact) mass is 140 g/mol. The smallest absolute Gasteiger partial charge is 0.0573 e. The zero-order chi connectivity index (χ0) is 7.14. The van der Waals surface area contributed by atoms with E-state index >= 15 is 0 Å². The summed E-state index contributed by atoms with van der Waals surface area (Å²) in [5, 5.41) is 9.57. The van der Waals surface area contributed by atoms with E-state index in [4.69, 9.17) is 0 Å². The Bertz CT molecular complexity index is 119. The topological polar surface area (TPSA) is 20.2 Å². The van der Waals surface area contributed by atoms with E-state index in [-0.39, 0.29) is 6.10 Å². The molecule has 0 aromatic rings. The van der Waals surface area contributed by atoms with Gasteiger partial charge in [0.25, 0.3) is 0 Å². The van der Waals surface area contributed by atoms with Crippen molar-refractivity contribution in [3.63, 3.8) is 0 Å². The van der Waals surface area contributed by atoms with Gasteiger partial charge in [-0.1, -0.05) is 13.3 Å². The average molecular weight is 140 g/mol. The van der Waals surface area contributed by atoms with Crippen LogP contribution in [-0.2, 0) is 0 Å². The second-order valence-electron chi connectivity index (χ2n) is 4.04. The molecule has 58 valence electrons. The Morgan fingerprint density at radius 1 is 1.10 bits per heavy atom. The summed E-state index contributed by atoms with van der Waals surface area (Å²) < 4.78 is 0. The van der Waals surface area contributed by atoms with Gasteiger partial charge in [0.15, 0.2) is 0 Å². The van der Waals surface area contributed by atoms with E-state index in [1.54, 1.807) is 0 Å². The van der Waals surface area contributed by atoms with Gasteiger partial charge in [0, 0.05) is 0 Å². The molecule has 2 fully saturated rings. The van der Waals surface area contributed by atoms with Gasteiger partial charge in [-0.3, -0.25) is 0 Å². The molecule has 2 saturated carbocycles. The molecular weight excluding hydrogens is 124 g/mol. The van der Waals surface area contributed by atoms with Crippen molar-refractivity contribution in [1.29, 1.82) is 0 Å². The number of fused-ring (bicyclic) bond motifs is 1. The van der Waals surface area contributed by atoms with Gasteiger partial charge in [0.2, 0.25) is 0 Å². The van der Waals surface area contributed by atoms with Crippen molar-refractivity contribution in [2.75, 3.05) is 0 Å². The van der Waals surface area contributed by atoms with Crippen LogP contribution in [0, 0.1) is 17.8 Å². The zero-order valence-electron chi connectivity index (χ0n) is 6.59. The largest absolute Gasteiger partial charge is 0.393 e. The van der Waals surface area contributed by atoms with Gasteiger partial charge < -0.3 is 5.11 Å². The molecule has 1 nitrogen and oxygen atoms in total. The van der Waals surface area contributed by atoms with Crippen LogP contribution >= 0.6 is 0 Å². The lowest BCUT2D eigenvalue weighted by Gasteiger charge is -2.17. The Morgan fingerprint density at radius 3 is 2.50 bits per heavy atom. The molecule has 2 aliphatic carbocycles. The summed E-state index contributed by atoms with van der Waals surface area (Å²) in [6.45, 7) is 2.29. The highest BCUT2D eigenvalue weighted by Gasteiger charge is 2.42. The van der Waals surface area contributed by atoms with Crippen LogP contribution in [0.3, 0.4) is 0 Å². The van der Waals surface area contributed by atoms with E-state index in [9.17, 15) is 5.11 Å². The summed E-state index contributed by atoms with van der Waals surface area (Å²) in [6.07, 6.45) is 5.13. The minimum atomic E-state index is 0.0440. The van der Waals surface area contributed by atoms with Crippen LogP contribution in [0.1, 0.15) is 32.6 Å². The van der Waals surface area contributed by atoms with Gasteiger partial charge in [0.05, 0.1) is 6.10 Å². The fourth-order valence-corrected chi connectivity index (χ4v) is 2.93. The fourth-order valence-electron chi connectivity index (χ4n) is 2.93. The van der Waals surface area contributed by atoms with Crippen molar-refractivity contribution >= 4 is 0 Å². The Labute approximate surface area is 62.4 Å². The predicted octanol–water partition coefficient (Wildman–Crippen LogP) is 1.80. The third-order valence-electron chi connectivity index (χ3n) is 3.47. The second-order valence-corrected chi connectivity index (χ2v) is 4.04. The summed E-state index contributed by atoms with van der Waals surface area (Å²) in [7, 11) is 0. The molecule has 0 aliphatic heterocycles. The molecule has 0 amide bonds. The lowest BCUT2D eigenvalue weighted by Crippen LogP contribution is -2.19. The van der Waals surface area contributed by atoms with Crippen molar-refractivity contribution in [3.8, 4) is 0 Å². The number of rotatable bonds is 0. The molecule has 0 saturated heterocycles. The number of hydrogen-bond donors (Lipinski definition) is 1.